The first-order chi connectivity index (χ1) is 26.3. The molecule has 53 heavy (non-hydrogen) atoms. The SMILES string of the molecule is N#Cc1cc(-c2ccc(-n3c4ccccc4c4c5oc6ccccc6c5ccc43)cc2-n2c3ccccc3c3ccccc32)ccc1-c1ccccc1. The summed E-state index contributed by atoms with van der Waals surface area (Å²) in [6.07, 6.45) is 0. The quantitative estimate of drug-likeness (QED) is 0.186. The fraction of sp³-hybridized carbons (Fsp3) is 0. The van der Waals surface area contributed by atoms with Crippen LogP contribution in [0.15, 0.2) is 180 Å². The van der Waals surface area contributed by atoms with Crippen LogP contribution in [-0.2, 0) is 0 Å². The monoisotopic (exact) mass is 675 g/mol. The Morgan fingerprint density at radius 1 is 0.434 bits per heavy atom. The molecular weight excluding hydrogens is 647 g/mol. The molecule has 8 aromatic carbocycles. The number of para-hydroxylation sites is 4. The van der Waals surface area contributed by atoms with E-state index < -0.39 is 0 Å². The number of nitriles is 1. The molecule has 0 saturated heterocycles. The summed E-state index contributed by atoms with van der Waals surface area (Å²) in [5.74, 6) is 0. The number of rotatable bonds is 4. The number of nitrogens with zero attached hydrogens (tertiary/aromatic N) is 3. The maximum absolute atomic E-state index is 10.4. The van der Waals surface area contributed by atoms with Crippen molar-refractivity contribution in [3.8, 4) is 39.7 Å². The number of aromatic nitrogens is 2. The van der Waals surface area contributed by atoms with E-state index in [2.05, 4.69) is 155 Å². The summed E-state index contributed by atoms with van der Waals surface area (Å²) in [6.45, 7) is 0. The van der Waals surface area contributed by atoms with Crippen molar-refractivity contribution >= 4 is 65.6 Å². The summed E-state index contributed by atoms with van der Waals surface area (Å²) in [4.78, 5) is 0. The number of hydrogen-bond acceptors (Lipinski definition) is 2. The van der Waals surface area contributed by atoms with Crippen LogP contribution < -0.4 is 0 Å². The van der Waals surface area contributed by atoms with Gasteiger partial charge in [-0.2, -0.15) is 5.26 Å². The van der Waals surface area contributed by atoms with E-state index in [1.807, 2.05) is 36.4 Å². The van der Waals surface area contributed by atoms with Gasteiger partial charge >= 0.3 is 0 Å². The van der Waals surface area contributed by atoms with E-state index in [9.17, 15) is 5.26 Å². The van der Waals surface area contributed by atoms with Gasteiger partial charge in [-0.15, -0.1) is 0 Å². The molecule has 0 aliphatic carbocycles. The maximum atomic E-state index is 10.4. The molecule has 3 aromatic heterocycles. The molecule has 11 rings (SSSR count). The zero-order valence-electron chi connectivity index (χ0n) is 28.5. The Morgan fingerprint density at radius 2 is 1.06 bits per heavy atom. The van der Waals surface area contributed by atoms with Crippen molar-refractivity contribution in [3.05, 3.63) is 181 Å². The molecule has 0 radical (unpaired) electrons. The third kappa shape index (κ3) is 4.29. The highest BCUT2D eigenvalue weighted by Gasteiger charge is 2.21. The molecule has 0 bridgehead atoms. The summed E-state index contributed by atoms with van der Waals surface area (Å²) < 4.78 is 11.3. The van der Waals surface area contributed by atoms with Crippen LogP contribution in [0.4, 0.5) is 0 Å². The molecule has 11 aromatic rings. The Morgan fingerprint density at radius 3 is 1.79 bits per heavy atom. The van der Waals surface area contributed by atoms with Gasteiger partial charge in [0.1, 0.15) is 11.2 Å². The number of furan rings is 1. The van der Waals surface area contributed by atoms with E-state index in [1.165, 1.54) is 10.8 Å². The molecule has 0 fully saturated rings. The van der Waals surface area contributed by atoms with Gasteiger partial charge in [-0.25, -0.2) is 0 Å². The minimum atomic E-state index is 0.642. The van der Waals surface area contributed by atoms with Gasteiger partial charge < -0.3 is 13.6 Å². The van der Waals surface area contributed by atoms with Crippen LogP contribution in [0.5, 0.6) is 0 Å². The van der Waals surface area contributed by atoms with Crippen molar-refractivity contribution in [2.24, 2.45) is 0 Å². The highest BCUT2D eigenvalue weighted by Crippen LogP contribution is 2.43. The van der Waals surface area contributed by atoms with E-state index in [0.717, 1.165) is 88.4 Å². The van der Waals surface area contributed by atoms with Gasteiger partial charge in [-0.3, -0.25) is 0 Å². The van der Waals surface area contributed by atoms with E-state index in [4.69, 9.17) is 4.42 Å². The number of hydrogen-bond donors (Lipinski definition) is 0. The van der Waals surface area contributed by atoms with Crippen molar-refractivity contribution in [1.82, 2.24) is 9.13 Å². The standard InChI is InChI=1S/C49H29N3O/c50-30-33-28-32(22-24-35(33)31-12-2-1-3-13-31)36-25-23-34(29-46(36)52-42-18-8-4-14-37(42)38-15-5-9-19-43(38)52)51-44-20-10-6-17-41(44)48-45(51)27-26-40-39-16-7-11-21-47(39)53-49(40)48/h1-29H. The van der Waals surface area contributed by atoms with Gasteiger partial charge in [0, 0.05) is 38.2 Å². The lowest BCUT2D eigenvalue weighted by atomic mass is 9.94. The van der Waals surface area contributed by atoms with Crippen molar-refractivity contribution in [2.45, 2.75) is 0 Å². The second kappa shape index (κ2) is 11.3. The van der Waals surface area contributed by atoms with Crippen LogP contribution in [0.25, 0.3) is 99.2 Å². The molecule has 0 spiro atoms. The lowest BCUT2D eigenvalue weighted by molar-refractivity contribution is 0.673. The van der Waals surface area contributed by atoms with Crippen molar-refractivity contribution in [3.63, 3.8) is 0 Å². The first kappa shape index (κ1) is 29.4. The largest absolute Gasteiger partial charge is 0.455 e. The predicted octanol–water partition coefficient (Wildman–Crippen LogP) is 13.0. The average molecular weight is 676 g/mol. The smallest absolute Gasteiger partial charge is 0.145 e. The fourth-order valence-corrected chi connectivity index (χ4v) is 8.46. The third-order valence-electron chi connectivity index (χ3n) is 10.8. The highest BCUT2D eigenvalue weighted by molar-refractivity contribution is 6.24. The summed E-state index contributed by atoms with van der Waals surface area (Å²) >= 11 is 0. The Kier molecular flexibility index (Phi) is 6.28. The minimum absolute atomic E-state index is 0.642. The summed E-state index contributed by atoms with van der Waals surface area (Å²) in [7, 11) is 0. The normalized spacial score (nSPS) is 11.8. The van der Waals surface area contributed by atoms with Crippen LogP contribution in [-0.4, -0.2) is 9.13 Å². The van der Waals surface area contributed by atoms with Crippen LogP contribution in [0.1, 0.15) is 5.56 Å². The van der Waals surface area contributed by atoms with Crippen LogP contribution >= 0.6 is 0 Å². The topological polar surface area (TPSA) is 46.8 Å². The molecule has 0 aliphatic heterocycles. The third-order valence-corrected chi connectivity index (χ3v) is 10.8. The first-order valence-electron chi connectivity index (χ1n) is 17.8. The number of benzene rings is 8. The van der Waals surface area contributed by atoms with Crippen LogP contribution in [0.3, 0.4) is 0 Å². The molecule has 3 heterocycles. The van der Waals surface area contributed by atoms with Gasteiger partial charge in [-0.1, -0.05) is 121 Å². The second-order valence-electron chi connectivity index (χ2n) is 13.6. The molecule has 0 unspecified atom stereocenters. The minimum Gasteiger partial charge on any atom is -0.455 e. The zero-order valence-corrected chi connectivity index (χ0v) is 28.5. The number of fused-ring (bicyclic) bond motifs is 10. The molecule has 246 valence electrons. The molecule has 0 amide bonds. The lowest BCUT2D eigenvalue weighted by Crippen LogP contribution is -2.01. The van der Waals surface area contributed by atoms with Crippen LogP contribution in [0.2, 0.25) is 0 Å². The molecule has 4 nitrogen and oxygen atoms in total. The average Bonchev–Trinajstić information content (AvgIpc) is 3.88. The zero-order chi connectivity index (χ0) is 35.0. The second-order valence-corrected chi connectivity index (χ2v) is 13.6. The summed E-state index contributed by atoms with van der Waals surface area (Å²) in [5.41, 5.74) is 12.9. The van der Waals surface area contributed by atoms with Crippen molar-refractivity contribution < 1.29 is 4.42 Å². The molecule has 0 aliphatic rings. The fourth-order valence-electron chi connectivity index (χ4n) is 8.46. The Hall–Kier alpha value is -7.35. The lowest BCUT2D eigenvalue weighted by Gasteiger charge is -2.18. The molecule has 0 N–H and O–H groups in total. The van der Waals surface area contributed by atoms with Gasteiger partial charge in [0.2, 0.25) is 0 Å². The van der Waals surface area contributed by atoms with Crippen LogP contribution in [0, 0.1) is 11.3 Å². The van der Waals surface area contributed by atoms with E-state index in [1.54, 1.807) is 0 Å². The van der Waals surface area contributed by atoms with E-state index in [0.29, 0.717) is 5.56 Å². The van der Waals surface area contributed by atoms with Crippen molar-refractivity contribution in [1.29, 1.82) is 5.26 Å². The molecule has 0 saturated carbocycles. The summed E-state index contributed by atoms with van der Waals surface area (Å²) in [5, 5.41) is 17.3. The maximum Gasteiger partial charge on any atom is 0.145 e. The highest BCUT2D eigenvalue weighted by atomic mass is 16.3. The molecule has 0 atom stereocenters. The van der Waals surface area contributed by atoms with E-state index >= 15 is 0 Å². The molecular formula is C49H29N3O. The summed E-state index contributed by atoms with van der Waals surface area (Å²) in [6, 6.07) is 64.1. The van der Waals surface area contributed by atoms with Gasteiger partial charge in [0.05, 0.1) is 44.8 Å². The van der Waals surface area contributed by atoms with Gasteiger partial charge in [-0.05, 0) is 71.3 Å². The van der Waals surface area contributed by atoms with E-state index in [-0.39, 0.29) is 0 Å². The van der Waals surface area contributed by atoms with Gasteiger partial charge in [0.25, 0.3) is 0 Å². The Balaban J connectivity index is 1.22. The first-order valence-corrected chi connectivity index (χ1v) is 17.8. The molecule has 4 heteroatoms. The van der Waals surface area contributed by atoms with Crippen molar-refractivity contribution in [2.75, 3.05) is 0 Å². The Labute approximate surface area is 304 Å². The predicted molar refractivity (Wildman–Crippen MR) is 218 cm³/mol. The van der Waals surface area contributed by atoms with Gasteiger partial charge in [0.15, 0.2) is 0 Å². The Bertz CT molecular complexity index is 3250.